The Labute approximate surface area is 151 Å². The molecular weight excluding hydrogens is 300 g/mol. The van der Waals surface area contributed by atoms with Crippen LogP contribution in [0.15, 0.2) is 78.9 Å². The second-order valence-electron chi connectivity index (χ2n) is 6.70. The van der Waals surface area contributed by atoms with Gasteiger partial charge in [0.1, 0.15) is 0 Å². The molecule has 3 aromatic rings. The van der Waals surface area contributed by atoms with Crippen LogP contribution in [-0.4, -0.2) is 0 Å². The van der Waals surface area contributed by atoms with Gasteiger partial charge in [-0.15, -0.1) is 0 Å². The number of allylic oxidation sites excluding steroid dienone is 1. The zero-order chi connectivity index (χ0) is 17.6. The van der Waals surface area contributed by atoms with Gasteiger partial charge in [0.15, 0.2) is 0 Å². The molecule has 3 rings (SSSR count). The largest absolute Gasteiger partial charge is 0.0651 e. The third-order valence-electron chi connectivity index (χ3n) is 4.60. The van der Waals surface area contributed by atoms with E-state index in [-0.39, 0.29) is 0 Å². The number of benzene rings is 3. The highest BCUT2D eigenvalue weighted by Crippen LogP contribution is 2.35. The quantitative estimate of drug-likeness (QED) is 0.440. The van der Waals surface area contributed by atoms with E-state index in [1.807, 2.05) is 0 Å². The van der Waals surface area contributed by atoms with Crippen LogP contribution in [0.4, 0.5) is 0 Å². The van der Waals surface area contributed by atoms with Gasteiger partial charge in [0.05, 0.1) is 0 Å². The fourth-order valence-electron chi connectivity index (χ4n) is 3.26. The van der Waals surface area contributed by atoms with Crippen molar-refractivity contribution >= 4 is 11.1 Å². The van der Waals surface area contributed by atoms with E-state index in [4.69, 9.17) is 0 Å². The molecule has 0 spiro atoms. The molecular formula is C25H26. The Hall–Kier alpha value is -2.60. The van der Waals surface area contributed by atoms with Crippen LogP contribution in [0.3, 0.4) is 0 Å². The molecule has 0 aromatic heterocycles. The van der Waals surface area contributed by atoms with Crippen molar-refractivity contribution in [1.82, 2.24) is 0 Å². The van der Waals surface area contributed by atoms with Gasteiger partial charge in [-0.1, -0.05) is 103 Å². The van der Waals surface area contributed by atoms with Gasteiger partial charge in [-0.05, 0) is 48.1 Å². The topological polar surface area (TPSA) is 0 Å². The molecule has 0 aliphatic carbocycles. The van der Waals surface area contributed by atoms with Crippen molar-refractivity contribution in [2.24, 2.45) is 0 Å². The molecule has 0 aliphatic rings. The average Bonchev–Trinajstić information content (AvgIpc) is 2.64. The van der Waals surface area contributed by atoms with Gasteiger partial charge in [-0.2, -0.15) is 0 Å². The lowest BCUT2D eigenvalue weighted by atomic mass is 9.87. The minimum atomic E-state index is 1.07. The highest BCUT2D eigenvalue weighted by atomic mass is 14.2. The third-order valence-corrected chi connectivity index (χ3v) is 4.60. The molecule has 0 heterocycles. The van der Waals surface area contributed by atoms with Crippen molar-refractivity contribution in [2.45, 2.75) is 33.6 Å². The summed E-state index contributed by atoms with van der Waals surface area (Å²) >= 11 is 0. The molecule has 0 saturated carbocycles. The highest BCUT2D eigenvalue weighted by Gasteiger charge is 2.13. The van der Waals surface area contributed by atoms with Crippen LogP contribution in [0.25, 0.3) is 11.1 Å². The van der Waals surface area contributed by atoms with Crippen molar-refractivity contribution in [3.05, 3.63) is 107 Å². The van der Waals surface area contributed by atoms with Crippen molar-refractivity contribution in [2.75, 3.05) is 0 Å². The first-order valence-electron chi connectivity index (χ1n) is 9.11. The Morgan fingerprint density at radius 1 is 0.600 bits per heavy atom. The molecule has 0 bridgehead atoms. The molecule has 25 heavy (non-hydrogen) atoms. The van der Waals surface area contributed by atoms with Crippen molar-refractivity contribution in [3.8, 4) is 0 Å². The van der Waals surface area contributed by atoms with E-state index in [2.05, 4.69) is 99.6 Å². The Bertz CT molecular complexity index is 835. The van der Waals surface area contributed by atoms with E-state index in [1.54, 1.807) is 0 Å². The maximum atomic E-state index is 2.26. The lowest BCUT2D eigenvalue weighted by Crippen LogP contribution is -1.96. The minimum Gasteiger partial charge on any atom is -0.0651 e. The SMILES string of the molecule is CCC/C(=C(\c1ccccc1)c1ccc(C)cc1)c1ccc(C)cc1. The van der Waals surface area contributed by atoms with Gasteiger partial charge in [0, 0.05) is 0 Å². The van der Waals surface area contributed by atoms with E-state index >= 15 is 0 Å². The summed E-state index contributed by atoms with van der Waals surface area (Å²) in [7, 11) is 0. The first-order valence-corrected chi connectivity index (χ1v) is 9.11. The standard InChI is InChI=1S/C25H26/c1-4-8-24(21-15-11-19(2)12-16-21)25(22-9-6-5-7-10-22)23-17-13-20(3)14-18-23/h5-7,9-18H,4,8H2,1-3H3/b25-24-. The lowest BCUT2D eigenvalue weighted by molar-refractivity contribution is 0.974. The molecule has 0 aliphatic heterocycles. The molecule has 0 fully saturated rings. The fraction of sp³-hybridized carbons (Fsp3) is 0.200. The summed E-state index contributed by atoms with van der Waals surface area (Å²) in [4.78, 5) is 0. The Balaban J connectivity index is 2.26. The summed E-state index contributed by atoms with van der Waals surface area (Å²) in [5.41, 5.74) is 9.28. The fourth-order valence-corrected chi connectivity index (χ4v) is 3.26. The summed E-state index contributed by atoms with van der Waals surface area (Å²) in [5, 5.41) is 0. The lowest BCUT2D eigenvalue weighted by Gasteiger charge is -2.17. The maximum absolute atomic E-state index is 2.26. The molecule has 0 unspecified atom stereocenters. The van der Waals surface area contributed by atoms with Gasteiger partial charge in [0.2, 0.25) is 0 Å². The second kappa shape index (κ2) is 7.98. The summed E-state index contributed by atoms with van der Waals surface area (Å²) in [6.45, 7) is 6.54. The average molecular weight is 326 g/mol. The molecule has 126 valence electrons. The van der Waals surface area contributed by atoms with Crippen molar-refractivity contribution in [1.29, 1.82) is 0 Å². The van der Waals surface area contributed by atoms with Crippen LogP contribution in [-0.2, 0) is 0 Å². The normalized spacial score (nSPS) is 12.0. The Morgan fingerprint density at radius 2 is 1.08 bits per heavy atom. The van der Waals surface area contributed by atoms with E-state index in [0.29, 0.717) is 0 Å². The number of hydrogen-bond donors (Lipinski definition) is 0. The van der Waals surface area contributed by atoms with Crippen molar-refractivity contribution < 1.29 is 0 Å². The monoisotopic (exact) mass is 326 g/mol. The van der Waals surface area contributed by atoms with Crippen molar-refractivity contribution in [3.63, 3.8) is 0 Å². The highest BCUT2D eigenvalue weighted by molar-refractivity contribution is 5.98. The molecule has 0 nitrogen and oxygen atoms in total. The molecule has 0 saturated heterocycles. The van der Waals surface area contributed by atoms with E-state index < -0.39 is 0 Å². The van der Waals surface area contributed by atoms with Gasteiger partial charge < -0.3 is 0 Å². The molecule has 0 N–H and O–H groups in total. The van der Waals surface area contributed by atoms with Crippen LogP contribution < -0.4 is 0 Å². The van der Waals surface area contributed by atoms with E-state index in [9.17, 15) is 0 Å². The molecule has 0 radical (unpaired) electrons. The molecule has 0 atom stereocenters. The zero-order valence-corrected chi connectivity index (χ0v) is 15.4. The Kier molecular flexibility index (Phi) is 5.50. The maximum Gasteiger partial charge on any atom is -0.00734 e. The van der Waals surface area contributed by atoms with E-state index in [1.165, 1.54) is 39.0 Å². The summed E-state index contributed by atoms with van der Waals surface area (Å²) < 4.78 is 0. The first kappa shape index (κ1) is 17.2. The predicted octanol–water partition coefficient (Wildman–Crippen LogP) is 7.06. The number of rotatable bonds is 5. The number of aryl methyl sites for hydroxylation is 2. The zero-order valence-electron chi connectivity index (χ0n) is 15.4. The van der Waals surface area contributed by atoms with Gasteiger partial charge in [-0.25, -0.2) is 0 Å². The van der Waals surface area contributed by atoms with E-state index in [0.717, 1.165) is 12.8 Å². The predicted molar refractivity (Wildman–Crippen MR) is 110 cm³/mol. The van der Waals surface area contributed by atoms with Crippen LogP contribution in [0.2, 0.25) is 0 Å². The van der Waals surface area contributed by atoms with Crippen LogP contribution in [0, 0.1) is 13.8 Å². The van der Waals surface area contributed by atoms with Gasteiger partial charge in [0.25, 0.3) is 0 Å². The van der Waals surface area contributed by atoms with Crippen LogP contribution in [0.5, 0.6) is 0 Å². The summed E-state index contributed by atoms with van der Waals surface area (Å²) in [6.07, 6.45) is 2.20. The second-order valence-corrected chi connectivity index (χ2v) is 6.70. The van der Waals surface area contributed by atoms with Gasteiger partial charge >= 0.3 is 0 Å². The molecule has 0 amide bonds. The molecule has 3 aromatic carbocycles. The number of hydrogen-bond acceptors (Lipinski definition) is 0. The van der Waals surface area contributed by atoms with Crippen LogP contribution >= 0.6 is 0 Å². The van der Waals surface area contributed by atoms with Gasteiger partial charge in [-0.3, -0.25) is 0 Å². The minimum absolute atomic E-state index is 1.07. The third kappa shape index (κ3) is 4.09. The molecule has 0 heteroatoms. The first-order chi connectivity index (χ1) is 12.2. The summed E-state index contributed by atoms with van der Waals surface area (Å²) in [6, 6.07) is 28.6. The smallest absolute Gasteiger partial charge is 0.00734 e. The Morgan fingerprint density at radius 3 is 1.60 bits per heavy atom. The summed E-state index contributed by atoms with van der Waals surface area (Å²) in [5.74, 6) is 0. The van der Waals surface area contributed by atoms with Crippen LogP contribution in [0.1, 0.15) is 47.6 Å².